The van der Waals surface area contributed by atoms with Gasteiger partial charge in [0, 0.05) is 43.3 Å². The van der Waals surface area contributed by atoms with Crippen molar-refractivity contribution in [2.75, 3.05) is 18.8 Å². The first-order valence-electron chi connectivity index (χ1n) is 12.9. The molecule has 0 aliphatic heterocycles. The average Bonchev–Trinajstić information content (AvgIpc) is 3.41. The number of aromatic amines is 1. The summed E-state index contributed by atoms with van der Waals surface area (Å²) in [6, 6.07) is 16.1. The monoisotopic (exact) mass is 522 g/mol. The van der Waals surface area contributed by atoms with Crippen molar-refractivity contribution >= 4 is 24.4 Å². The Morgan fingerprint density at radius 3 is 2.30 bits per heavy atom. The fourth-order valence-electron chi connectivity index (χ4n) is 4.28. The van der Waals surface area contributed by atoms with Crippen LogP contribution < -0.4 is 5.32 Å². The maximum atomic E-state index is 13.0. The topological polar surface area (TPSA) is 104 Å². The Morgan fingerprint density at radius 1 is 1.00 bits per heavy atom. The summed E-state index contributed by atoms with van der Waals surface area (Å²) >= 11 is 4.35. The summed E-state index contributed by atoms with van der Waals surface area (Å²) in [5.74, 6) is 1.71. The van der Waals surface area contributed by atoms with Crippen molar-refractivity contribution in [1.82, 2.24) is 30.8 Å². The molecule has 2 aromatic carbocycles. The largest absolute Gasteiger partial charge is 0.354 e. The van der Waals surface area contributed by atoms with E-state index in [2.05, 4.69) is 52.4 Å². The smallest absolute Gasteiger partial charge is 0.224 e. The standard InChI is InChI=1S/C28H38N6O2S/c1-19(2)15-23(18-37)28(36)29-13-14-34(26(35)16-20(3)4)17-21-9-11-22(12-10-21)24-7-5-6-8-25(24)27-30-32-33-31-27/h5-12,19-20,23,37H,13-18H2,1-4H3,(H,29,36)(H,30,31,32,33). The molecular weight excluding hydrogens is 484 g/mol. The van der Waals surface area contributed by atoms with Crippen LogP contribution in [0.3, 0.4) is 0 Å². The second-order valence-corrected chi connectivity index (χ2v) is 10.6. The van der Waals surface area contributed by atoms with E-state index in [1.54, 1.807) is 0 Å². The summed E-state index contributed by atoms with van der Waals surface area (Å²) in [5, 5.41) is 17.4. The van der Waals surface area contributed by atoms with E-state index in [0.717, 1.165) is 28.7 Å². The molecule has 198 valence electrons. The van der Waals surface area contributed by atoms with E-state index in [0.29, 0.717) is 43.6 Å². The van der Waals surface area contributed by atoms with Gasteiger partial charge in [-0.3, -0.25) is 9.59 Å². The first kappa shape index (κ1) is 28.4. The number of amides is 2. The SMILES string of the molecule is CC(C)CC(=O)N(CCNC(=O)C(CS)CC(C)C)Cc1ccc(-c2ccccc2-c2nn[nH]n2)cc1. The molecule has 0 aliphatic carbocycles. The molecular formula is C28H38N6O2S. The van der Waals surface area contributed by atoms with Crippen molar-refractivity contribution in [3.63, 3.8) is 0 Å². The molecule has 37 heavy (non-hydrogen) atoms. The number of carbonyl (C=O) groups excluding carboxylic acids is 2. The Kier molecular flexibility index (Phi) is 10.7. The second kappa shape index (κ2) is 13.9. The van der Waals surface area contributed by atoms with Crippen LogP contribution in [-0.2, 0) is 16.1 Å². The molecule has 0 saturated carbocycles. The van der Waals surface area contributed by atoms with Gasteiger partial charge in [0.2, 0.25) is 17.6 Å². The first-order chi connectivity index (χ1) is 17.8. The normalized spacial score (nSPS) is 12.1. The zero-order valence-electron chi connectivity index (χ0n) is 22.1. The van der Waals surface area contributed by atoms with Gasteiger partial charge in [0.1, 0.15) is 0 Å². The lowest BCUT2D eigenvalue weighted by Gasteiger charge is -2.25. The van der Waals surface area contributed by atoms with Crippen LogP contribution in [0.25, 0.3) is 22.5 Å². The van der Waals surface area contributed by atoms with E-state index in [-0.39, 0.29) is 23.7 Å². The Balaban J connectivity index is 1.69. The van der Waals surface area contributed by atoms with Gasteiger partial charge in [0.05, 0.1) is 0 Å². The van der Waals surface area contributed by atoms with Gasteiger partial charge >= 0.3 is 0 Å². The van der Waals surface area contributed by atoms with E-state index in [9.17, 15) is 9.59 Å². The number of aromatic nitrogens is 4. The van der Waals surface area contributed by atoms with Gasteiger partial charge in [-0.1, -0.05) is 76.2 Å². The van der Waals surface area contributed by atoms with Crippen LogP contribution in [0, 0.1) is 17.8 Å². The quantitative estimate of drug-likeness (QED) is 0.284. The zero-order valence-corrected chi connectivity index (χ0v) is 23.0. The van der Waals surface area contributed by atoms with Gasteiger partial charge < -0.3 is 10.2 Å². The van der Waals surface area contributed by atoms with Crippen LogP contribution >= 0.6 is 12.6 Å². The van der Waals surface area contributed by atoms with Crippen LogP contribution in [0.4, 0.5) is 0 Å². The second-order valence-electron chi connectivity index (χ2n) is 10.2. The number of nitrogens with zero attached hydrogens (tertiary/aromatic N) is 4. The van der Waals surface area contributed by atoms with E-state index < -0.39 is 0 Å². The number of nitrogens with one attached hydrogen (secondary N) is 2. The Morgan fingerprint density at radius 2 is 1.70 bits per heavy atom. The van der Waals surface area contributed by atoms with Gasteiger partial charge in [0.25, 0.3) is 0 Å². The third-order valence-corrected chi connectivity index (χ3v) is 6.56. The third-order valence-electron chi connectivity index (χ3n) is 6.12. The molecule has 1 atom stereocenters. The van der Waals surface area contributed by atoms with Gasteiger partial charge in [-0.15, -0.1) is 10.2 Å². The molecule has 1 aromatic heterocycles. The Hall–Kier alpha value is -3.20. The fourth-order valence-corrected chi connectivity index (χ4v) is 4.59. The molecule has 2 N–H and O–H groups in total. The maximum absolute atomic E-state index is 13.0. The van der Waals surface area contributed by atoms with Crippen LogP contribution in [0.15, 0.2) is 48.5 Å². The van der Waals surface area contributed by atoms with E-state index in [1.807, 2.05) is 67.3 Å². The lowest BCUT2D eigenvalue weighted by Crippen LogP contribution is -2.40. The summed E-state index contributed by atoms with van der Waals surface area (Å²) in [4.78, 5) is 27.4. The summed E-state index contributed by atoms with van der Waals surface area (Å²) in [7, 11) is 0. The molecule has 0 bridgehead atoms. The van der Waals surface area contributed by atoms with E-state index >= 15 is 0 Å². The minimum absolute atomic E-state index is 0.00424. The highest BCUT2D eigenvalue weighted by atomic mass is 32.1. The summed E-state index contributed by atoms with van der Waals surface area (Å²) in [5.41, 5.74) is 3.95. The maximum Gasteiger partial charge on any atom is 0.224 e. The molecule has 2 amide bonds. The van der Waals surface area contributed by atoms with Gasteiger partial charge in [-0.2, -0.15) is 17.8 Å². The van der Waals surface area contributed by atoms with Crippen molar-refractivity contribution in [3.8, 4) is 22.5 Å². The first-order valence-corrected chi connectivity index (χ1v) is 13.5. The van der Waals surface area contributed by atoms with Crippen molar-refractivity contribution in [2.24, 2.45) is 17.8 Å². The molecule has 3 aromatic rings. The van der Waals surface area contributed by atoms with Crippen molar-refractivity contribution < 1.29 is 9.59 Å². The Labute approximate surface area is 225 Å². The molecule has 3 rings (SSSR count). The molecule has 1 heterocycles. The minimum Gasteiger partial charge on any atom is -0.354 e. The summed E-state index contributed by atoms with van der Waals surface area (Å²) < 4.78 is 0. The van der Waals surface area contributed by atoms with Gasteiger partial charge in [-0.05, 0) is 40.2 Å². The van der Waals surface area contributed by atoms with Gasteiger partial charge in [0.15, 0.2) is 0 Å². The molecule has 0 saturated heterocycles. The molecule has 8 nitrogen and oxygen atoms in total. The molecule has 0 fully saturated rings. The van der Waals surface area contributed by atoms with E-state index in [4.69, 9.17) is 0 Å². The molecule has 1 unspecified atom stereocenters. The van der Waals surface area contributed by atoms with Crippen molar-refractivity contribution in [1.29, 1.82) is 0 Å². The van der Waals surface area contributed by atoms with E-state index in [1.165, 1.54) is 0 Å². The molecule has 0 radical (unpaired) electrons. The minimum atomic E-state index is -0.119. The molecule has 9 heteroatoms. The number of thiol groups is 1. The van der Waals surface area contributed by atoms with Crippen molar-refractivity contribution in [2.45, 2.75) is 47.1 Å². The number of rotatable bonds is 13. The zero-order chi connectivity index (χ0) is 26.8. The van der Waals surface area contributed by atoms with Crippen LogP contribution in [0.5, 0.6) is 0 Å². The third kappa shape index (κ3) is 8.42. The number of H-pyrrole nitrogens is 1. The van der Waals surface area contributed by atoms with Crippen LogP contribution in [-0.4, -0.2) is 56.2 Å². The highest BCUT2D eigenvalue weighted by Crippen LogP contribution is 2.30. The highest BCUT2D eigenvalue weighted by Gasteiger charge is 2.20. The fraction of sp³-hybridized carbons (Fsp3) is 0.464. The number of tetrazole rings is 1. The lowest BCUT2D eigenvalue weighted by molar-refractivity contribution is -0.133. The predicted octanol–water partition coefficient (Wildman–Crippen LogP) is 4.62. The van der Waals surface area contributed by atoms with Crippen LogP contribution in [0.1, 0.15) is 46.1 Å². The van der Waals surface area contributed by atoms with Gasteiger partial charge in [-0.25, -0.2) is 0 Å². The molecule has 0 aliphatic rings. The summed E-state index contributed by atoms with van der Waals surface area (Å²) in [6.45, 7) is 9.64. The Bertz CT molecular complexity index is 1130. The number of benzene rings is 2. The van der Waals surface area contributed by atoms with Crippen LogP contribution in [0.2, 0.25) is 0 Å². The summed E-state index contributed by atoms with van der Waals surface area (Å²) in [6.07, 6.45) is 1.27. The number of hydrogen-bond acceptors (Lipinski definition) is 6. The predicted molar refractivity (Wildman–Crippen MR) is 150 cm³/mol. The number of carbonyl (C=O) groups is 2. The number of hydrogen-bond donors (Lipinski definition) is 3. The lowest BCUT2D eigenvalue weighted by atomic mass is 9.98. The highest BCUT2D eigenvalue weighted by molar-refractivity contribution is 7.80. The molecule has 0 spiro atoms. The average molecular weight is 523 g/mol. The van der Waals surface area contributed by atoms with Crippen molar-refractivity contribution in [3.05, 3.63) is 54.1 Å².